The van der Waals surface area contributed by atoms with Gasteiger partial charge in [-0.1, -0.05) is 31.1 Å². The smallest absolute Gasteiger partial charge is 0.410 e. The molecule has 0 bridgehead atoms. The van der Waals surface area contributed by atoms with Crippen molar-refractivity contribution in [3.63, 3.8) is 0 Å². The van der Waals surface area contributed by atoms with Crippen LogP contribution in [0, 0.1) is 11.3 Å². The van der Waals surface area contributed by atoms with Crippen LogP contribution in [-0.4, -0.2) is 101 Å². The third kappa shape index (κ3) is 8.08. The summed E-state index contributed by atoms with van der Waals surface area (Å²) >= 11 is 0. The minimum Gasteiger partial charge on any atom is -0.481 e. The molecule has 6 rings (SSSR count). The van der Waals surface area contributed by atoms with Crippen LogP contribution in [0.1, 0.15) is 83.3 Å². The highest BCUT2D eigenvalue weighted by molar-refractivity contribution is 5.96. The molecule has 3 fully saturated rings. The summed E-state index contributed by atoms with van der Waals surface area (Å²) in [6.45, 7) is 8.88. The molecule has 13 heteroatoms. The number of alkyl carbamates (subject to hydrolysis) is 1. The second-order valence-electron chi connectivity index (χ2n) is 15.3. The minimum absolute atomic E-state index is 0.0428. The fraction of sp³-hybridized carbons (Fsp3) is 0.649. The number of Topliss-reactive ketones (excluding diaryl/α,β-unsaturated/α-hetero) is 1. The van der Waals surface area contributed by atoms with Crippen molar-refractivity contribution in [2.45, 2.75) is 109 Å². The first kappa shape index (κ1) is 35.7. The van der Waals surface area contributed by atoms with Crippen LogP contribution >= 0.6 is 0 Å². The zero-order valence-corrected chi connectivity index (χ0v) is 29.4. The van der Waals surface area contributed by atoms with Crippen LogP contribution in [0.15, 0.2) is 30.4 Å². The van der Waals surface area contributed by atoms with Crippen molar-refractivity contribution < 1.29 is 43.3 Å². The van der Waals surface area contributed by atoms with Gasteiger partial charge >= 0.3 is 18.2 Å². The lowest BCUT2D eigenvalue weighted by Gasteiger charge is -2.30. The Labute approximate surface area is 293 Å². The van der Waals surface area contributed by atoms with Gasteiger partial charge in [0.2, 0.25) is 5.91 Å². The number of morpholine rings is 1. The van der Waals surface area contributed by atoms with Gasteiger partial charge in [0.05, 0.1) is 31.2 Å². The molecule has 1 aromatic carbocycles. The molecule has 272 valence electrons. The lowest BCUT2D eigenvalue weighted by molar-refractivity contribution is -0.147. The standard InChI is InChI=1S/C37H50N4O9/c1-36(2,3)50-34(46)38-29-10-8-6-4-5-7-9-26-19-37(26,33(44)45)20-31(42)30-18-28(23-41(30)32(29)43)49-35(47)40-21-24-11-12-27(17-25(24)22-40)39-13-15-48-16-14-39/h7,9,11-12,17,26,28-30H,4-6,8,10,13-16,18-23H2,1-3H3,(H,38,46)(H,44,45)/b9-7-/t26-,28-,29+,30+,37-/m1/s1. The summed E-state index contributed by atoms with van der Waals surface area (Å²) in [4.78, 5) is 72.3. The number of benzene rings is 1. The maximum absolute atomic E-state index is 14.2. The Morgan fingerprint density at radius 3 is 2.54 bits per heavy atom. The Bertz CT molecular complexity index is 1520. The van der Waals surface area contributed by atoms with E-state index in [1.165, 1.54) is 4.90 Å². The Kier molecular flexibility index (Phi) is 10.4. The van der Waals surface area contributed by atoms with E-state index in [4.69, 9.17) is 14.2 Å². The molecular weight excluding hydrogens is 644 g/mol. The summed E-state index contributed by atoms with van der Waals surface area (Å²) in [5, 5.41) is 12.9. The van der Waals surface area contributed by atoms with Gasteiger partial charge in [0, 0.05) is 44.7 Å². The quantitative estimate of drug-likeness (QED) is 0.433. The van der Waals surface area contributed by atoms with Crippen LogP contribution in [0.25, 0.3) is 0 Å². The van der Waals surface area contributed by atoms with Crippen molar-refractivity contribution in [3.05, 3.63) is 41.5 Å². The molecule has 1 saturated carbocycles. The Morgan fingerprint density at radius 2 is 1.80 bits per heavy atom. The van der Waals surface area contributed by atoms with Crippen molar-refractivity contribution in [2.24, 2.45) is 11.3 Å². The van der Waals surface area contributed by atoms with Crippen molar-refractivity contribution in [1.29, 1.82) is 0 Å². The van der Waals surface area contributed by atoms with E-state index in [0.717, 1.165) is 49.2 Å². The molecule has 1 aliphatic carbocycles. The second-order valence-corrected chi connectivity index (χ2v) is 15.3. The van der Waals surface area contributed by atoms with Crippen molar-refractivity contribution in [3.8, 4) is 0 Å². The number of nitrogens with zero attached hydrogens (tertiary/aromatic N) is 3. The second kappa shape index (κ2) is 14.6. The topological polar surface area (TPSA) is 155 Å². The van der Waals surface area contributed by atoms with E-state index in [1.54, 1.807) is 25.7 Å². The van der Waals surface area contributed by atoms with Gasteiger partial charge in [-0.15, -0.1) is 0 Å². The first-order valence-corrected chi connectivity index (χ1v) is 18.0. The fourth-order valence-electron chi connectivity index (χ4n) is 7.67. The molecule has 4 aliphatic heterocycles. The molecular formula is C37H50N4O9. The van der Waals surface area contributed by atoms with Crippen LogP contribution in [0.5, 0.6) is 0 Å². The number of amides is 3. The Morgan fingerprint density at radius 1 is 1.04 bits per heavy atom. The monoisotopic (exact) mass is 694 g/mol. The van der Waals surface area contributed by atoms with Gasteiger partial charge in [-0.3, -0.25) is 19.3 Å². The third-order valence-corrected chi connectivity index (χ3v) is 10.5. The highest BCUT2D eigenvalue weighted by Crippen LogP contribution is 2.57. The number of ether oxygens (including phenoxy) is 3. The maximum atomic E-state index is 14.2. The molecule has 0 aromatic heterocycles. The molecule has 5 aliphatic rings. The van der Waals surface area contributed by atoms with Gasteiger partial charge in [-0.2, -0.15) is 0 Å². The van der Waals surface area contributed by atoms with E-state index in [9.17, 15) is 29.1 Å². The van der Waals surface area contributed by atoms with Crippen LogP contribution < -0.4 is 10.2 Å². The highest BCUT2D eigenvalue weighted by Gasteiger charge is 2.61. The average Bonchev–Trinajstić information content (AvgIpc) is 3.37. The number of carboxylic acids is 1. The van der Waals surface area contributed by atoms with Gasteiger partial charge in [-0.05, 0) is 75.6 Å². The molecule has 1 aromatic rings. The molecule has 50 heavy (non-hydrogen) atoms. The number of hydrogen-bond donors (Lipinski definition) is 2. The lowest BCUT2D eigenvalue weighted by Crippen LogP contribution is -2.52. The maximum Gasteiger partial charge on any atom is 0.410 e. The number of ketones is 1. The summed E-state index contributed by atoms with van der Waals surface area (Å²) in [6.07, 6.45) is 5.39. The van der Waals surface area contributed by atoms with E-state index in [1.807, 2.05) is 18.2 Å². The zero-order valence-electron chi connectivity index (χ0n) is 29.4. The van der Waals surface area contributed by atoms with Crippen LogP contribution in [0.2, 0.25) is 0 Å². The number of anilines is 1. The number of rotatable bonds is 4. The molecule has 2 saturated heterocycles. The van der Waals surface area contributed by atoms with Gasteiger partial charge in [-0.25, -0.2) is 9.59 Å². The normalized spacial score (nSPS) is 29.5. The summed E-state index contributed by atoms with van der Waals surface area (Å²) in [7, 11) is 0. The van der Waals surface area contributed by atoms with Gasteiger partial charge < -0.3 is 34.4 Å². The molecule has 4 heterocycles. The summed E-state index contributed by atoms with van der Waals surface area (Å²) in [5.41, 5.74) is 1.16. The lowest BCUT2D eigenvalue weighted by atomic mass is 9.92. The fourth-order valence-corrected chi connectivity index (χ4v) is 7.67. The molecule has 0 spiro atoms. The Hall–Kier alpha value is -4.13. The van der Waals surface area contributed by atoms with E-state index in [-0.39, 0.29) is 31.1 Å². The van der Waals surface area contributed by atoms with Crippen molar-refractivity contribution in [2.75, 3.05) is 37.7 Å². The summed E-state index contributed by atoms with van der Waals surface area (Å²) in [6, 6.07) is 4.24. The number of carboxylic acid groups (broad SMARTS) is 1. The average molecular weight is 695 g/mol. The zero-order chi connectivity index (χ0) is 35.6. The first-order valence-electron chi connectivity index (χ1n) is 18.0. The third-order valence-electron chi connectivity index (χ3n) is 10.5. The number of carbonyl (C=O) groups is 5. The Balaban J connectivity index is 1.18. The predicted molar refractivity (Wildman–Crippen MR) is 182 cm³/mol. The van der Waals surface area contributed by atoms with Gasteiger partial charge in [0.15, 0.2) is 5.78 Å². The minimum atomic E-state index is -1.22. The van der Waals surface area contributed by atoms with Crippen LogP contribution in [0.3, 0.4) is 0 Å². The van der Waals surface area contributed by atoms with Crippen LogP contribution in [0.4, 0.5) is 15.3 Å². The number of nitrogens with one attached hydrogen (secondary N) is 1. The number of fused-ring (bicyclic) bond motifs is 3. The molecule has 0 unspecified atom stereocenters. The van der Waals surface area contributed by atoms with Crippen LogP contribution in [-0.2, 0) is 41.7 Å². The van der Waals surface area contributed by atoms with E-state index < -0.39 is 53.3 Å². The first-order chi connectivity index (χ1) is 23.8. The summed E-state index contributed by atoms with van der Waals surface area (Å²) < 4.78 is 16.9. The van der Waals surface area contributed by atoms with Gasteiger partial charge in [0.1, 0.15) is 17.7 Å². The molecule has 3 amide bonds. The molecule has 13 nitrogen and oxygen atoms in total. The number of hydrogen-bond acceptors (Lipinski definition) is 9. The SMILES string of the molecule is CC(C)(C)OC(=O)N[C@H]1CCCCC/C=C\[C@@H]2C[C@@]2(C(=O)O)CC(=O)[C@@H]2C[C@@H](OC(=O)N3Cc4ccc(N5CCOCC5)cc4C3)CN2C1=O. The van der Waals surface area contributed by atoms with E-state index in [2.05, 4.69) is 22.3 Å². The molecule has 5 atom stereocenters. The molecule has 0 radical (unpaired) electrons. The number of carbonyl (C=O) groups excluding carboxylic acids is 4. The largest absolute Gasteiger partial charge is 0.481 e. The predicted octanol–water partition coefficient (Wildman–Crippen LogP) is 4.41. The summed E-state index contributed by atoms with van der Waals surface area (Å²) in [5.74, 6) is -2.14. The van der Waals surface area contributed by atoms with E-state index in [0.29, 0.717) is 45.6 Å². The molecule has 2 N–H and O–H groups in total. The number of allylic oxidation sites excluding steroid dienone is 2. The highest BCUT2D eigenvalue weighted by atomic mass is 16.6. The number of aliphatic carboxylic acids is 1. The van der Waals surface area contributed by atoms with E-state index >= 15 is 0 Å². The van der Waals surface area contributed by atoms with Crippen molar-refractivity contribution in [1.82, 2.24) is 15.1 Å². The van der Waals surface area contributed by atoms with Crippen molar-refractivity contribution >= 4 is 35.5 Å². The van der Waals surface area contributed by atoms with Gasteiger partial charge in [0.25, 0.3) is 0 Å².